The molecule has 0 atom stereocenters. The molecular weight excluding hydrogens is 343 g/mol. The summed E-state index contributed by atoms with van der Waals surface area (Å²) in [5.74, 6) is -1.12. The van der Waals surface area contributed by atoms with E-state index in [1.807, 2.05) is 31.2 Å². The number of hydrogen-bond acceptors (Lipinski definition) is 2. The van der Waals surface area contributed by atoms with Crippen molar-refractivity contribution < 1.29 is 22.7 Å². The average Bonchev–Trinajstić information content (AvgIpc) is 2.87. The first-order valence-corrected chi connectivity index (χ1v) is 8.18. The average molecular weight is 361 g/mol. The van der Waals surface area contributed by atoms with Crippen LogP contribution in [0.3, 0.4) is 0 Å². The van der Waals surface area contributed by atoms with Crippen molar-refractivity contribution in [1.29, 1.82) is 0 Å². The van der Waals surface area contributed by atoms with Crippen molar-refractivity contribution in [3.05, 3.63) is 65.4 Å². The Morgan fingerprint density at radius 3 is 2.35 bits per heavy atom. The highest BCUT2D eigenvalue weighted by Crippen LogP contribution is 2.31. The lowest BCUT2D eigenvalue weighted by atomic mass is 10.1. The van der Waals surface area contributed by atoms with Gasteiger partial charge in [0.2, 0.25) is 0 Å². The van der Waals surface area contributed by atoms with Crippen molar-refractivity contribution >= 4 is 16.7 Å². The molecule has 3 rings (SSSR count). The van der Waals surface area contributed by atoms with Gasteiger partial charge in [-0.25, -0.2) is 0 Å². The first-order valence-electron chi connectivity index (χ1n) is 8.18. The summed E-state index contributed by atoms with van der Waals surface area (Å²) in [6.07, 6.45) is -4.90. The molecule has 3 aromatic rings. The van der Waals surface area contributed by atoms with E-state index >= 15 is 0 Å². The van der Waals surface area contributed by atoms with Crippen LogP contribution in [0.5, 0.6) is 5.75 Å². The molecule has 3 nitrogen and oxygen atoms in total. The second-order valence-electron chi connectivity index (χ2n) is 6.12. The van der Waals surface area contributed by atoms with Gasteiger partial charge in [-0.2, -0.15) is 13.2 Å². The Labute approximate surface area is 149 Å². The lowest BCUT2D eigenvalue weighted by Crippen LogP contribution is -2.23. The Hall–Kier alpha value is -2.76. The molecule has 1 aromatic heterocycles. The number of Topliss-reactive ketones (excluding diaryl/α,β-unsaturated/α-hetero) is 1. The summed E-state index contributed by atoms with van der Waals surface area (Å²) < 4.78 is 46.3. The van der Waals surface area contributed by atoms with E-state index in [-0.39, 0.29) is 12.2 Å². The molecule has 0 aliphatic heterocycles. The van der Waals surface area contributed by atoms with Crippen LogP contribution in [0.4, 0.5) is 13.2 Å². The predicted molar refractivity (Wildman–Crippen MR) is 93.7 cm³/mol. The van der Waals surface area contributed by atoms with Gasteiger partial charge in [-0.1, -0.05) is 35.9 Å². The minimum atomic E-state index is -4.90. The number of rotatable bonds is 5. The first kappa shape index (κ1) is 18.0. The van der Waals surface area contributed by atoms with Crippen molar-refractivity contribution in [2.45, 2.75) is 26.6 Å². The number of carbonyl (C=O) groups is 1. The van der Waals surface area contributed by atoms with Crippen LogP contribution in [0, 0.1) is 13.8 Å². The summed E-state index contributed by atoms with van der Waals surface area (Å²) in [4.78, 5) is 11.9. The SMILES string of the molecule is Cc1ccc(OCCn2c(C)c(C(=O)C(F)(F)F)c3ccccc32)cc1. The molecule has 0 saturated carbocycles. The van der Waals surface area contributed by atoms with E-state index in [9.17, 15) is 18.0 Å². The Balaban J connectivity index is 1.90. The van der Waals surface area contributed by atoms with Crippen molar-refractivity contribution in [2.75, 3.05) is 6.61 Å². The third-order valence-electron chi connectivity index (χ3n) is 4.32. The molecule has 136 valence electrons. The number of ether oxygens (including phenoxy) is 1. The molecule has 0 spiro atoms. The predicted octanol–water partition coefficient (Wildman–Crippen LogP) is 5.08. The van der Waals surface area contributed by atoms with Crippen LogP contribution in [-0.2, 0) is 6.54 Å². The van der Waals surface area contributed by atoms with Gasteiger partial charge in [0, 0.05) is 16.6 Å². The Bertz CT molecular complexity index is 940. The van der Waals surface area contributed by atoms with Crippen molar-refractivity contribution in [3.63, 3.8) is 0 Å². The summed E-state index contributed by atoms with van der Waals surface area (Å²) in [6, 6.07) is 14.1. The van der Waals surface area contributed by atoms with Crippen LogP contribution < -0.4 is 4.74 Å². The molecule has 0 fully saturated rings. The van der Waals surface area contributed by atoms with Crippen molar-refractivity contribution in [1.82, 2.24) is 4.57 Å². The highest BCUT2D eigenvalue weighted by molar-refractivity contribution is 6.12. The van der Waals surface area contributed by atoms with Crippen molar-refractivity contribution in [2.24, 2.45) is 0 Å². The van der Waals surface area contributed by atoms with Gasteiger partial charge < -0.3 is 9.30 Å². The Morgan fingerprint density at radius 1 is 1.04 bits per heavy atom. The molecule has 0 aliphatic rings. The van der Waals surface area contributed by atoms with Crippen LogP contribution in [0.1, 0.15) is 21.6 Å². The number of hydrogen-bond donors (Lipinski definition) is 0. The quantitative estimate of drug-likeness (QED) is 0.593. The molecule has 2 aromatic carbocycles. The maximum atomic E-state index is 13.0. The summed E-state index contributed by atoms with van der Waals surface area (Å²) >= 11 is 0. The number of aromatic nitrogens is 1. The number of nitrogens with zero attached hydrogens (tertiary/aromatic N) is 1. The normalized spacial score (nSPS) is 11.7. The zero-order chi connectivity index (χ0) is 18.9. The molecular formula is C20H18F3NO2. The molecule has 0 radical (unpaired) electrons. The highest BCUT2D eigenvalue weighted by Gasteiger charge is 2.41. The van der Waals surface area contributed by atoms with E-state index in [0.717, 1.165) is 5.56 Å². The third kappa shape index (κ3) is 3.45. The van der Waals surface area contributed by atoms with Crippen LogP contribution in [0.15, 0.2) is 48.5 Å². The van der Waals surface area contributed by atoms with Gasteiger partial charge in [-0.3, -0.25) is 4.79 Å². The number of halogens is 3. The number of fused-ring (bicyclic) bond motifs is 1. The van der Waals surface area contributed by atoms with Gasteiger partial charge in [-0.05, 0) is 32.0 Å². The number of ketones is 1. The van der Waals surface area contributed by atoms with Gasteiger partial charge in [-0.15, -0.1) is 0 Å². The van der Waals surface area contributed by atoms with E-state index < -0.39 is 12.0 Å². The van der Waals surface area contributed by atoms with E-state index in [2.05, 4.69) is 0 Å². The molecule has 0 saturated heterocycles. The second kappa shape index (κ2) is 6.86. The van der Waals surface area contributed by atoms with E-state index in [4.69, 9.17) is 4.74 Å². The van der Waals surface area contributed by atoms with Gasteiger partial charge in [0.1, 0.15) is 12.4 Å². The van der Waals surface area contributed by atoms with Crippen LogP contribution in [-0.4, -0.2) is 23.1 Å². The highest BCUT2D eigenvalue weighted by atomic mass is 19.4. The zero-order valence-corrected chi connectivity index (χ0v) is 14.4. The van der Waals surface area contributed by atoms with Gasteiger partial charge >= 0.3 is 6.18 Å². The molecule has 0 bridgehead atoms. The topological polar surface area (TPSA) is 31.2 Å². The Kier molecular flexibility index (Phi) is 4.76. The van der Waals surface area contributed by atoms with Crippen molar-refractivity contribution in [3.8, 4) is 5.75 Å². The molecule has 0 aliphatic carbocycles. The fourth-order valence-corrected chi connectivity index (χ4v) is 3.04. The summed E-state index contributed by atoms with van der Waals surface area (Å²) in [6.45, 7) is 4.12. The molecule has 6 heteroatoms. The van der Waals surface area contributed by atoms with Crippen LogP contribution in [0.2, 0.25) is 0 Å². The fourth-order valence-electron chi connectivity index (χ4n) is 3.04. The van der Waals surface area contributed by atoms with Crippen LogP contribution >= 0.6 is 0 Å². The maximum Gasteiger partial charge on any atom is 0.454 e. The number of alkyl halides is 3. The van der Waals surface area contributed by atoms with Gasteiger partial charge in [0.15, 0.2) is 0 Å². The summed E-state index contributed by atoms with van der Waals surface area (Å²) in [5, 5.41) is 0.308. The van der Waals surface area contributed by atoms with Gasteiger partial charge in [0.25, 0.3) is 5.78 Å². The molecule has 1 heterocycles. The first-order chi connectivity index (χ1) is 12.3. The molecule has 0 unspecified atom stereocenters. The number of carbonyl (C=O) groups excluding carboxylic acids is 1. The maximum absolute atomic E-state index is 13.0. The third-order valence-corrected chi connectivity index (χ3v) is 4.32. The smallest absolute Gasteiger partial charge is 0.454 e. The molecule has 26 heavy (non-hydrogen) atoms. The minimum Gasteiger partial charge on any atom is -0.492 e. The van der Waals surface area contributed by atoms with E-state index in [1.54, 1.807) is 28.8 Å². The zero-order valence-electron chi connectivity index (χ0n) is 14.4. The van der Waals surface area contributed by atoms with Crippen LogP contribution in [0.25, 0.3) is 10.9 Å². The monoisotopic (exact) mass is 361 g/mol. The molecule has 0 amide bonds. The van der Waals surface area contributed by atoms with E-state index in [1.165, 1.54) is 6.92 Å². The van der Waals surface area contributed by atoms with Gasteiger partial charge in [0.05, 0.1) is 12.1 Å². The molecule has 0 N–H and O–H groups in total. The summed E-state index contributed by atoms with van der Waals surface area (Å²) in [7, 11) is 0. The fraction of sp³-hybridized carbons (Fsp3) is 0.250. The second-order valence-corrected chi connectivity index (χ2v) is 6.12. The largest absolute Gasteiger partial charge is 0.492 e. The van der Waals surface area contributed by atoms with E-state index in [0.29, 0.717) is 28.9 Å². The lowest BCUT2D eigenvalue weighted by molar-refractivity contribution is -0.0884. The Morgan fingerprint density at radius 2 is 1.69 bits per heavy atom. The summed E-state index contributed by atoms with van der Waals surface area (Å²) in [5.41, 5.74) is 1.70. The number of benzene rings is 2. The number of aryl methyl sites for hydroxylation is 1. The lowest BCUT2D eigenvalue weighted by Gasteiger charge is -2.11. The number of para-hydroxylation sites is 1. The standard InChI is InChI=1S/C20H18F3NO2/c1-13-7-9-15(10-8-13)26-12-11-24-14(2)18(19(25)20(21,22)23)16-5-3-4-6-17(16)24/h3-10H,11-12H2,1-2H3. The minimum absolute atomic E-state index is 0.280.